The number of rotatable bonds is 6. The van der Waals surface area contributed by atoms with Gasteiger partial charge in [-0.15, -0.1) is 0 Å². The van der Waals surface area contributed by atoms with Crippen LogP contribution in [0, 0.1) is 11.8 Å². The van der Waals surface area contributed by atoms with Crippen molar-refractivity contribution in [1.29, 1.82) is 0 Å². The summed E-state index contributed by atoms with van der Waals surface area (Å²) in [5.74, 6) is 2.34. The molecule has 0 aromatic heterocycles. The van der Waals surface area contributed by atoms with E-state index in [-0.39, 0.29) is 18.7 Å². The van der Waals surface area contributed by atoms with Crippen LogP contribution in [0.5, 0.6) is 11.5 Å². The number of hydrogen-bond donors (Lipinski definition) is 1. The Hall–Kier alpha value is -1.71. The molecular formula is C17H25NO3. The topological polar surface area (TPSA) is 47.6 Å². The van der Waals surface area contributed by atoms with Crippen molar-refractivity contribution in [3.63, 3.8) is 0 Å². The normalized spacial score (nSPS) is 17.1. The maximum absolute atomic E-state index is 12.4. The number of benzene rings is 1. The summed E-state index contributed by atoms with van der Waals surface area (Å²) in [5.41, 5.74) is 0.619. The van der Waals surface area contributed by atoms with Gasteiger partial charge in [-0.2, -0.15) is 0 Å². The van der Waals surface area contributed by atoms with Gasteiger partial charge in [-0.3, -0.25) is 4.79 Å². The monoisotopic (exact) mass is 291 g/mol. The van der Waals surface area contributed by atoms with Crippen molar-refractivity contribution in [2.45, 2.75) is 46.6 Å². The minimum absolute atomic E-state index is 0.0460. The van der Waals surface area contributed by atoms with Gasteiger partial charge >= 0.3 is 0 Å². The number of fused-ring (bicyclic) bond motifs is 1. The van der Waals surface area contributed by atoms with Crippen LogP contribution in [0.1, 0.15) is 50.9 Å². The molecule has 3 atom stereocenters. The maximum Gasteiger partial charge on any atom is 0.251 e. The van der Waals surface area contributed by atoms with Crippen molar-refractivity contribution in [2.75, 3.05) is 6.79 Å². The van der Waals surface area contributed by atoms with Crippen molar-refractivity contribution < 1.29 is 14.3 Å². The van der Waals surface area contributed by atoms with Crippen molar-refractivity contribution in [2.24, 2.45) is 11.8 Å². The zero-order valence-corrected chi connectivity index (χ0v) is 13.3. The molecule has 4 heteroatoms. The lowest BCUT2D eigenvalue weighted by atomic mass is 9.86. The second-order valence-electron chi connectivity index (χ2n) is 5.80. The summed E-state index contributed by atoms with van der Waals surface area (Å²) in [5, 5.41) is 3.15. The number of hydrogen-bond acceptors (Lipinski definition) is 3. The van der Waals surface area contributed by atoms with Crippen molar-refractivity contribution in [3.8, 4) is 11.5 Å². The van der Waals surface area contributed by atoms with E-state index < -0.39 is 0 Å². The Bertz CT molecular complexity index is 501. The van der Waals surface area contributed by atoms with E-state index in [9.17, 15) is 4.79 Å². The van der Waals surface area contributed by atoms with Gasteiger partial charge < -0.3 is 14.8 Å². The Kier molecular flexibility index (Phi) is 5.10. The third-order valence-electron chi connectivity index (χ3n) is 4.57. The lowest BCUT2D eigenvalue weighted by Crippen LogP contribution is -2.41. The number of carbonyl (C=O) groups excluding carboxylic acids is 1. The molecule has 0 fully saturated rings. The van der Waals surface area contributed by atoms with Gasteiger partial charge in [0.05, 0.1) is 0 Å². The molecule has 0 bridgehead atoms. The molecule has 1 aliphatic heterocycles. The van der Waals surface area contributed by atoms with E-state index in [4.69, 9.17) is 9.47 Å². The van der Waals surface area contributed by atoms with Crippen molar-refractivity contribution in [3.05, 3.63) is 23.8 Å². The number of carbonyl (C=O) groups is 1. The predicted molar refractivity (Wildman–Crippen MR) is 82.7 cm³/mol. The molecule has 1 aromatic carbocycles. The van der Waals surface area contributed by atoms with Crippen LogP contribution in [0.15, 0.2) is 18.2 Å². The van der Waals surface area contributed by atoms with Gasteiger partial charge in [0.15, 0.2) is 11.5 Å². The van der Waals surface area contributed by atoms with Gasteiger partial charge in [-0.05, 0) is 36.5 Å². The van der Waals surface area contributed by atoms with Crippen LogP contribution in [0.4, 0.5) is 0 Å². The second kappa shape index (κ2) is 6.83. The minimum atomic E-state index is -0.0460. The molecule has 1 amide bonds. The molecule has 1 aliphatic rings. The molecule has 1 N–H and O–H groups in total. The Morgan fingerprint density at radius 1 is 1.19 bits per heavy atom. The first kappa shape index (κ1) is 15.7. The van der Waals surface area contributed by atoms with E-state index in [2.05, 4.69) is 33.0 Å². The Morgan fingerprint density at radius 2 is 1.90 bits per heavy atom. The molecule has 1 aromatic rings. The molecule has 4 nitrogen and oxygen atoms in total. The summed E-state index contributed by atoms with van der Waals surface area (Å²) in [7, 11) is 0. The van der Waals surface area contributed by atoms with Gasteiger partial charge in [0, 0.05) is 11.6 Å². The molecule has 0 aliphatic carbocycles. The van der Waals surface area contributed by atoms with E-state index in [1.807, 2.05) is 0 Å². The van der Waals surface area contributed by atoms with Crippen LogP contribution in [0.2, 0.25) is 0 Å². The van der Waals surface area contributed by atoms with Gasteiger partial charge in [0.25, 0.3) is 5.91 Å². The Balaban J connectivity index is 2.05. The number of ether oxygens (including phenoxy) is 2. The molecule has 21 heavy (non-hydrogen) atoms. The van der Waals surface area contributed by atoms with Gasteiger partial charge in [-0.1, -0.05) is 34.1 Å². The van der Waals surface area contributed by atoms with Crippen molar-refractivity contribution >= 4 is 5.91 Å². The Morgan fingerprint density at radius 3 is 2.57 bits per heavy atom. The SMILES string of the molecule is CCC(C)C(C)C(CC)NC(=O)c1ccc2c(c1)OCO2. The van der Waals surface area contributed by atoms with E-state index >= 15 is 0 Å². The highest BCUT2D eigenvalue weighted by Crippen LogP contribution is 2.32. The average molecular weight is 291 g/mol. The van der Waals surface area contributed by atoms with Crippen LogP contribution in [0.25, 0.3) is 0 Å². The van der Waals surface area contributed by atoms with Crippen LogP contribution >= 0.6 is 0 Å². The number of amides is 1. The summed E-state index contributed by atoms with van der Waals surface area (Å²) in [4.78, 5) is 12.4. The highest BCUT2D eigenvalue weighted by Gasteiger charge is 2.23. The maximum atomic E-state index is 12.4. The van der Waals surface area contributed by atoms with Crippen LogP contribution in [-0.2, 0) is 0 Å². The molecule has 0 saturated carbocycles. The van der Waals surface area contributed by atoms with Crippen LogP contribution in [0.3, 0.4) is 0 Å². The largest absolute Gasteiger partial charge is 0.454 e. The summed E-state index contributed by atoms with van der Waals surface area (Å²) in [6.45, 7) is 8.97. The van der Waals surface area contributed by atoms with Crippen LogP contribution in [-0.4, -0.2) is 18.7 Å². The standard InChI is InChI=1S/C17H25NO3/c1-5-11(3)12(4)14(6-2)18-17(19)13-7-8-15-16(9-13)21-10-20-15/h7-9,11-12,14H,5-6,10H2,1-4H3,(H,18,19). The molecule has 116 valence electrons. The molecular weight excluding hydrogens is 266 g/mol. The Labute approximate surface area is 126 Å². The number of nitrogens with one attached hydrogen (secondary N) is 1. The quantitative estimate of drug-likeness (QED) is 0.871. The molecule has 1 heterocycles. The molecule has 3 unspecified atom stereocenters. The smallest absolute Gasteiger partial charge is 0.251 e. The lowest BCUT2D eigenvalue weighted by molar-refractivity contribution is 0.0911. The predicted octanol–water partition coefficient (Wildman–Crippen LogP) is 3.61. The van der Waals surface area contributed by atoms with Gasteiger partial charge in [0.1, 0.15) is 0 Å². The van der Waals surface area contributed by atoms with E-state index in [0.717, 1.165) is 12.8 Å². The zero-order chi connectivity index (χ0) is 15.4. The summed E-state index contributed by atoms with van der Waals surface area (Å²) in [6.07, 6.45) is 2.05. The van der Waals surface area contributed by atoms with Crippen molar-refractivity contribution in [1.82, 2.24) is 5.32 Å². The first-order chi connectivity index (χ1) is 10.1. The summed E-state index contributed by atoms with van der Waals surface area (Å²) in [6, 6.07) is 5.51. The summed E-state index contributed by atoms with van der Waals surface area (Å²) < 4.78 is 10.6. The lowest BCUT2D eigenvalue weighted by Gasteiger charge is -2.28. The average Bonchev–Trinajstić information content (AvgIpc) is 2.98. The van der Waals surface area contributed by atoms with E-state index in [1.165, 1.54) is 0 Å². The van der Waals surface area contributed by atoms with E-state index in [1.54, 1.807) is 18.2 Å². The van der Waals surface area contributed by atoms with Gasteiger partial charge in [-0.25, -0.2) is 0 Å². The minimum Gasteiger partial charge on any atom is -0.454 e. The summed E-state index contributed by atoms with van der Waals surface area (Å²) >= 11 is 0. The fourth-order valence-corrected chi connectivity index (χ4v) is 2.66. The third-order valence-corrected chi connectivity index (χ3v) is 4.57. The first-order valence-electron chi connectivity index (χ1n) is 7.77. The fourth-order valence-electron chi connectivity index (χ4n) is 2.66. The first-order valence-corrected chi connectivity index (χ1v) is 7.77. The molecule has 2 rings (SSSR count). The van der Waals surface area contributed by atoms with Gasteiger partial charge in [0.2, 0.25) is 6.79 Å². The van der Waals surface area contributed by atoms with Crippen LogP contribution < -0.4 is 14.8 Å². The zero-order valence-electron chi connectivity index (χ0n) is 13.3. The highest BCUT2D eigenvalue weighted by atomic mass is 16.7. The third kappa shape index (κ3) is 3.49. The molecule has 0 spiro atoms. The van der Waals surface area contributed by atoms with E-state index in [0.29, 0.717) is 28.9 Å². The fraction of sp³-hybridized carbons (Fsp3) is 0.588. The second-order valence-corrected chi connectivity index (χ2v) is 5.80. The highest BCUT2D eigenvalue weighted by molar-refractivity contribution is 5.95. The molecule has 0 saturated heterocycles. The molecule has 0 radical (unpaired) electrons.